The lowest BCUT2D eigenvalue weighted by atomic mass is 10.1. The van der Waals surface area contributed by atoms with E-state index in [1.54, 1.807) is 47.9 Å². The number of ketones is 1. The lowest BCUT2D eigenvalue weighted by Gasteiger charge is -2.06. The molecule has 3 aromatic rings. The number of ether oxygens (including phenoxy) is 2. The number of rotatable bonds is 5. The van der Waals surface area contributed by atoms with Crippen LogP contribution in [0.4, 0.5) is 0 Å². The molecule has 6 nitrogen and oxygen atoms in total. The first-order chi connectivity index (χ1) is 12.6. The molecule has 6 heteroatoms. The molecule has 1 aromatic carbocycles. The Labute approximate surface area is 150 Å². The molecule has 0 aliphatic rings. The van der Waals surface area contributed by atoms with Crippen molar-refractivity contribution < 1.29 is 23.9 Å². The number of hydrogen-bond acceptors (Lipinski definition) is 5. The van der Waals surface area contributed by atoms with Crippen LogP contribution in [-0.2, 0) is 9.47 Å². The summed E-state index contributed by atoms with van der Waals surface area (Å²) in [7, 11) is 1.26. The van der Waals surface area contributed by atoms with Gasteiger partial charge in [0.05, 0.1) is 36.1 Å². The van der Waals surface area contributed by atoms with Crippen LogP contribution in [0.5, 0.6) is 0 Å². The fourth-order valence-corrected chi connectivity index (χ4v) is 2.73. The molecule has 0 bridgehead atoms. The second-order valence-electron chi connectivity index (χ2n) is 5.52. The molecule has 0 radical (unpaired) electrons. The smallest absolute Gasteiger partial charge is 0.340 e. The summed E-state index contributed by atoms with van der Waals surface area (Å²) in [4.78, 5) is 37.0. The number of hydrogen-bond donors (Lipinski definition) is 0. The van der Waals surface area contributed by atoms with Crippen LogP contribution in [0.2, 0.25) is 0 Å². The van der Waals surface area contributed by atoms with Gasteiger partial charge >= 0.3 is 11.9 Å². The number of esters is 2. The Morgan fingerprint density at radius 2 is 1.69 bits per heavy atom. The van der Waals surface area contributed by atoms with Crippen LogP contribution in [0.1, 0.15) is 43.7 Å². The Hall–Kier alpha value is -3.41. The molecule has 0 N–H and O–H groups in total. The summed E-state index contributed by atoms with van der Waals surface area (Å²) in [6, 6.07) is 13.3. The van der Waals surface area contributed by atoms with Crippen molar-refractivity contribution in [3.05, 3.63) is 77.1 Å². The molecule has 0 amide bonds. The Kier molecular flexibility index (Phi) is 4.84. The lowest BCUT2D eigenvalue weighted by Crippen LogP contribution is -2.08. The van der Waals surface area contributed by atoms with Crippen LogP contribution < -0.4 is 0 Å². The third-order valence-electron chi connectivity index (χ3n) is 3.96. The van der Waals surface area contributed by atoms with Crippen LogP contribution >= 0.6 is 0 Å². The number of fused-ring (bicyclic) bond motifs is 1. The highest BCUT2D eigenvalue weighted by molar-refractivity contribution is 6.11. The van der Waals surface area contributed by atoms with E-state index in [0.717, 1.165) is 0 Å². The zero-order chi connectivity index (χ0) is 18.7. The third-order valence-corrected chi connectivity index (χ3v) is 3.96. The van der Waals surface area contributed by atoms with Gasteiger partial charge in [0.25, 0.3) is 0 Å². The van der Waals surface area contributed by atoms with Crippen molar-refractivity contribution >= 4 is 23.2 Å². The van der Waals surface area contributed by atoms with Crippen molar-refractivity contribution in [2.75, 3.05) is 13.7 Å². The maximum absolute atomic E-state index is 12.8. The van der Waals surface area contributed by atoms with E-state index in [0.29, 0.717) is 22.3 Å². The third kappa shape index (κ3) is 3.09. The van der Waals surface area contributed by atoms with E-state index in [2.05, 4.69) is 0 Å². The number of pyridine rings is 1. The number of carbonyl (C=O) groups excluding carboxylic acids is 3. The van der Waals surface area contributed by atoms with E-state index in [1.165, 1.54) is 19.2 Å². The first kappa shape index (κ1) is 17.4. The molecule has 0 aliphatic heterocycles. The lowest BCUT2D eigenvalue weighted by molar-refractivity contribution is 0.0524. The molecule has 26 heavy (non-hydrogen) atoms. The van der Waals surface area contributed by atoms with E-state index < -0.39 is 11.9 Å². The molecule has 0 spiro atoms. The Bertz CT molecular complexity index is 988. The minimum absolute atomic E-state index is 0.206. The first-order valence-electron chi connectivity index (χ1n) is 8.07. The highest BCUT2D eigenvalue weighted by Crippen LogP contribution is 2.22. The normalized spacial score (nSPS) is 10.5. The molecular formula is C20H17NO5. The maximum Gasteiger partial charge on any atom is 0.340 e. The van der Waals surface area contributed by atoms with Gasteiger partial charge in [0, 0.05) is 11.8 Å². The van der Waals surface area contributed by atoms with Gasteiger partial charge in [-0.3, -0.25) is 4.79 Å². The molecule has 3 rings (SSSR count). The van der Waals surface area contributed by atoms with Crippen molar-refractivity contribution in [3.63, 3.8) is 0 Å². The number of benzene rings is 1. The summed E-state index contributed by atoms with van der Waals surface area (Å²) in [5.41, 5.74) is 1.71. The maximum atomic E-state index is 12.8. The number of aromatic nitrogens is 1. The first-order valence-corrected chi connectivity index (χ1v) is 8.07. The van der Waals surface area contributed by atoms with Crippen molar-refractivity contribution in [1.82, 2.24) is 4.40 Å². The van der Waals surface area contributed by atoms with Gasteiger partial charge in [-0.05, 0) is 25.1 Å². The summed E-state index contributed by atoms with van der Waals surface area (Å²) in [5.74, 6) is -1.32. The van der Waals surface area contributed by atoms with Crippen LogP contribution in [0.3, 0.4) is 0 Å². The topological polar surface area (TPSA) is 74.1 Å². The van der Waals surface area contributed by atoms with Crippen molar-refractivity contribution in [2.24, 2.45) is 0 Å². The van der Waals surface area contributed by atoms with Crippen LogP contribution in [-0.4, -0.2) is 35.8 Å². The fraction of sp³-hybridized carbons (Fsp3) is 0.150. The Morgan fingerprint density at radius 3 is 2.35 bits per heavy atom. The molecule has 0 fully saturated rings. The van der Waals surface area contributed by atoms with Gasteiger partial charge in [-0.2, -0.15) is 0 Å². The minimum atomic E-state index is -0.587. The summed E-state index contributed by atoms with van der Waals surface area (Å²) < 4.78 is 11.4. The molecule has 2 heterocycles. The number of methoxy groups -OCH3 is 1. The molecule has 0 atom stereocenters. The predicted octanol–water partition coefficient (Wildman–Crippen LogP) is 3.13. The molecule has 2 aromatic heterocycles. The van der Waals surface area contributed by atoms with E-state index in [1.807, 2.05) is 6.07 Å². The summed E-state index contributed by atoms with van der Waals surface area (Å²) in [5, 5.41) is 0. The highest BCUT2D eigenvalue weighted by atomic mass is 16.5. The minimum Gasteiger partial charge on any atom is -0.465 e. The van der Waals surface area contributed by atoms with E-state index in [-0.39, 0.29) is 18.0 Å². The molecule has 0 saturated heterocycles. The highest BCUT2D eigenvalue weighted by Gasteiger charge is 2.22. The van der Waals surface area contributed by atoms with Crippen molar-refractivity contribution in [3.8, 4) is 0 Å². The Morgan fingerprint density at radius 1 is 0.962 bits per heavy atom. The summed E-state index contributed by atoms with van der Waals surface area (Å²) >= 11 is 0. The molecule has 0 aliphatic carbocycles. The van der Waals surface area contributed by atoms with Gasteiger partial charge in [0.15, 0.2) is 0 Å². The quantitative estimate of drug-likeness (QED) is 0.521. The van der Waals surface area contributed by atoms with E-state index >= 15 is 0 Å². The number of carbonyl (C=O) groups is 3. The molecule has 0 unspecified atom stereocenters. The number of nitrogens with zero attached hydrogens (tertiary/aromatic N) is 1. The van der Waals surface area contributed by atoms with E-state index in [4.69, 9.17) is 9.47 Å². The van der Waals surface area contributed by atoms with Gasteiger partial charge < -0.3 is 13.9 Å². The van der Waals surface area contributed by atoms with Crippen LogP contribution in [0.25, 0.3) is 5.52 Å². The van der Waals surface area contributed by atoms with Gasteiger partial charge in [-0.15, -0.1) is 0 Å². The fourth-order valence-electron chi connectivity index (χ4n) is 2.73. The average molecular weight is 351 g/mol. The van der Waals surface area contributed by atoms with Gasteiger partial charge in [-0.25, -0.2) is 9.59 Å². The summed E-state index contributed by atoms with van der Waals surface area (Å²) in [6.45, 7) is 1.96. The van der Waals surface area contributed by atoms with Gasteiger partial charge in [0.2, 0.25) is 5.78 Å². The monoisotopic (exact) mass is 351 g/mol. The second-order valence-corrected chi connectivity index (χ2v) is 5.52. The second kappa shape index (κ2) is 7.23. The molecule has 0 saturated carbocycles. The zero-order valence-corrected chi connectivity index (χ0v) is 14.4. The SMILES string of the molecule is CCOC(=O)c1ccn2c(C(=O)c3ccccc3)cc(C(=O)OC)c2c1. The van der Waals surface area contributed by atoms with Crippen LogP contribution in [0, 0.1) is 0 Å². The van der Waals surface area contributed by atoms with E-state index in [9.17, 15) is 14.4 Å². The summed E-state index contributed by atoms with van der Waals surface area (Å²) in [6.07, 6.45) is 1.57. The largest absolute Gasteiger partial charge is 0.465 e. The Balaban J connectivity index is 2.17. The molecule has 132 valence electrons. The predicted molar refractivity (Wildman–Crippen MR) is 94.6 cm³/mol. The van der Waals surface area contributed by atoms with Gasteiger partial charge in [0.1, 0.15) is 0 Å². The van der Waals surface area contributed by atoms with Gasteiger partial charge in [-0.1, -0.05) is 30.3 Å². The van der Waals surface area contributed by atoms with Crippen LogP contribution in [0.15, 0.2) is 54.7 Å². The molecular weight excluding hydrogens is 334 g/mol. The zero-order valence-electron chi connectivity index (χ0n) is 14.4. The average Bonchev–Trinajstić information content (AvgIpc) is 3.06. The van der Waals surface area contributed by atoms with Crippen molar-refractivity contribution in [1.29, 1.82) is 0 Å². The standard InChI is InChI=1S/C20H17NO5/c1-3-26-19(23)14-9-10-21-16(11-14)15(20(24)25-2)12-17(21)18(22)13-7-5-4-6-8-13/h4-12H,3H2,1-2H3. The van der Waals surface area contributed by atoms with Crippen molar-refractivity contribution in [2.45, 2.75) is 6.92 Å².